The van der Waals surface area contributed by atoms with E-state index < -0.39 is 0 Å². The van der Waals surface area contributed by atoms with Crippen LogP contribution in [-0.2, 0) is 0 Å². The van der Waals surface area contributed by atoms with Gasteiger partial charge in [-0.05, 0) is 22.0 Å². The minimum Gasteiger partial charge on any atom is -0.356 e. The summed E-state index contributed by atoms with van der Waals surface area (Å²) in [6.07, 6.45) is 1.64. The Hall–Kier alpha value is 0.160. The Balaban J connectivity index is 2.38. The monoisotopic (exact) mass is 287 g/mol. The van der Waals surface area contributed by atoms with Crippen molar-refractivity contribution < 1.29 is 0 Å². The third-order valence-electron chi connectivity index (χ3n) is 0.910. The first-order valence-electron chi connectivity index (χ1n) is 2.92. The third kappa shape index (κ3) is 3.71. The molecule has 0 fully saturated rings. The largest absolute Gasteiger partial charge is 0.356 e. The average Bonchev–Trinajstić information content (AvgIpc) is 2.35. The summed E-state index contributed by atoms with van der Waals surface area (Å²) >= 11 is 15.4. The summed E-state index contributed by atoms with van der Waals surface area (Å²) in [7, 11) is 0. The summed E-state index contributed by atoms with van der Waals surface area (Å²) in [4.78, 5) is 0. The zero-order chi connectivity index (χ0) is 8.97. The number of nitrogens with one attached hydrogen (secondary N) is 1. The molecule has 0 bridgehead atoms. The molecule has 0 unspecified atom stereocenters. The van der Waals surface area contributed by atoms with Crippen LogP contribution in [0.25, 0.3) is 0 Å². The third-order valence-corrected chi connectivity index (χ3v) is 2.53. The Bertz CT molecular complexity index is 284. The molecule has 1 N–H and O–H groups in total. The van der Waals surface area contributed by atoms with E-state index in [0.29, 0.717) is 6.54 Å². The average molecular weight is 289 g/mol. The molecule has 7 heteroatoms. The summed E-state index contributed by atoms with van der Waals surface area (Å²) < 4.78 is 0.983. The van der Waals surface area contributed by atoms with E-state index in [2.05, 4.69) is 31.4 Å². The molecule has 0 aliphatic rings. The molecule has 1 heterocycles. The maximum atomic E-state index is 5.39. The first-order chi connectivity index (χ1) is 5.68. The lowest BCUT2D eigenvalue weighted by atomic mass is 10.6. The van der Waals surface area contributed by atoms with Gasteiger partial charge in [0.05, 0.1) is 0 Å². The molecule has 12 heavy (non-hydrogen) atoms. The fraction of sp³-hybridized carbons (Fsp3) is 0.200. The van der Waals surface area contributed by atoms with Gasteiger partial charge < -0.3 is 5.32 Å². The van der Waals surface area contributed by atoms with Crippen LogP contribution in [0.5, 0.6) is 0 Å². The van der Waals surface area contributed by atoms with Crippen LogP contribution in [0, 0.1) is 0 Å². The molecule has 0 aromatic carbocycles. The first kappa shape index (κ1) is 10.2. The Labute approximate surface area is 91.9 Å². The van der Waals surface area contributed by atoms with Crippen molar-refractivity contribution in [1.82, 2.24) is 10.2 Å². The summed E-state index contributed by atoms with van der Waals surface area (Å²) in [5.41, 5.74) is 0. The van der Waals surface area contributed by atoms with Crippen molar-refractivity contribution in [2.75, 3.05) is 11.9 Å². The molecule has 0 atom stereocenters. The van der Waals surface area contributed by atoms with Crippen molar-refractivity contribution in [2.45, 2.75) is 0 Å². The molecule has 0 amide bonds. The van der Waals surface area contributed by atoms with Crippen molar-refractivity contribution in [3.63, 3.8) is 0 Å². The fourth-order valence-electron chi connectivity index (χ4n) is 0.492. The maximum absolute atomic E-state index is 5.39. The highest BCUT2D eigenvalue weighted by atomic mass is 79.9. The van der Waals surface area contributed by atoms with Crippen LogP contribution in [0.15, 0.2) is 14.5 Å². The summed E-state index contributed by atoms with van der Waals surface area (Å²) in [6.45, 7) is 0.546. The molecule has 3 nitrogen and oxygen atoms in total. The number of nitrogens with zero attached hydrogens (tertiary/aromatic N) is 2. The zero-order valence-electron chi connectivity index (χ0n) is 5.72. The van der Waals surface area contributed by atoms with Crippen LogP contribution in [0.2, 0.25) is 0 Å². The molecule has 1 aromatic heterocycles. The second-order valence-electron chi connectivity index (χ2n) is 1.73. The standard InChI is InChI=1S/C5H4BrCl2N3S/c6-4-10-11-5(12-4)9-2-1-3(7)8/h1H,2H2,(H,9,11). The minimum atomic E-state index is 0.242. The molecule has 1 aromatic rings. The molecular formula is C5H4BrCl2N3S. The van der Waals surface area contributed by atoms with E-state index in [4.69, 9.17) is 23.2 Å². The fourth-order valence-corrected chi connectivity index (χ4v) is 1.66. The van der Waals surface area contributed by atoms with E-state index in [9.17, 15) is 0 Å². The molecular weight excluding hydrogens is 285 g/mol. The highest BCUT2D eigenvalue weighted by Gasteiger charge is 1.97. The van der Waals surface area contributed by atoms with Crippen molar-refractivity contribution in [2.24, 2.45) is 0 Å². The van der Waals surface area contributed by atoms with E-state index in [-0.39, 0.29) is 4.49 Å². The van der Waals surface area contributed by atoms with Crippen LogP contribution in [-0.4, -0.2) is 16.7 Å². The topological polar surface area (TPSA) is 37.8 Å². The van der Waals surface area contributed by atoms with Crippen LogP contribution in [0.3, 0.4) is 0 Å². The lowest BCUT2D eigenvalue weighted by Crippen LogP contribution is -1.97. The minimum absolute atomic E-state index is 0.242. The van der Waals surface area contributed by atoms with Gasteiger partial charge in [-0.2, -0.15) is 0 Å². The van der Waals surface area contributed by atoms with Gasteiger partial charge in [-0.1, -0.05) is 34.5 Å². The number of anilines is 1. The van der Waals surface area contributed by atoms with E-state index in [0.717, 1.165) is 9.05 Å². The van der Waals surface area contributed by atoms with Gasteiger partial charge in [0, 0.05) is 6.54 Å². The first-order valence-corrected chi connectivity index (χ1v) is 5.29. The number of hydrogen-bond donors (Lipinski definition) is 1. The van der Waals surface area contributed by atoms with Gasteiger partial charge in [-0.25, -0.2) is 0 Å². The van der Waals surface area contributed by atoms with Gasteiger partial charge in [0.15, 0.2) is 3.92 Å². The van der Waals surface area contributed by atoms with Gasteiger partial charge >= 0.3 is 0 Å². The smallest absolute Gasteiger partial charge is 0.206 e. The van der Waals surface area contributed by atoms with Gasteiger partial charge in [0.1, 0.15) is 4.49 Å². The molecule has 0 spiro atoms. The molecule has 0 aliphatic heterocycles. The van der Waals surface area contributed by atoms with Crippen LogP contribution in [0.1, 0.15) is 0 Å². The molecule has 0 saturated carbocycles. The van der Waals surface area contributed by atoms with Crippen LogP contribution < -0.4 is 5.32 Å². The van der Waals surface area contributed by atoms with Crippen molar-refractivity contribution in [3.05, 3.63) is 14.5 Å². The predicted molar refractivity (Wildman–Crippen MR) is 55.9 cm³/mol. The van der Waals surface area contributed by atoms with Gasteiger partial charge in [-0.3, -0.25) is 0 Å². The quantitative estimate of drug-likeness (QED) is 0.929. The Morgan fingerprint density at radius 2 is 2.33 bits per heavy atom. The summed E-state index contributed by atoms with van der Waals surface area (Å²) in [5.74, 6) is 0. The van der Waals surface area contributed by atoms with E-state index in [1.54, 1.807) is 6.08 Å². The van der Waals surface area contributed by atoms with E-state index in [1.165, 1.54) is 11.3 Å². The van der Waals surface area contributed by atoms with Crippen molar-refractivity contribution in [1.29, 1.82) is 0 Å². The Morgan fingerprint density at radius 1 is 1.58 bits per heavy atom. The second-order valence-corrected chi connectivity index (χ2v) is 5.00. The Morgan fingerprint density at radius 3 is 2.83 bits per heavy atom. The number of aromatic nitrogens is 2. The lowest BCUT2D eigenvalue weighted by molar-refractivity contribution is 1.06. The highest BCUT2D eigenvalue weighted by molar-refractivity contribution is 9.11. The van der Waals surface area contributed by atoms with Gasteiger partial charge in [0.25, 0.3) is 0 Å². The number of halogens is 3. The molecule has 1 rings (SSSR count). The second kappa shape index (κ2) is 5.01. The summed E-state index contributed by atoms with van der Waals surface area (Å²) in [5, 5.41) is 11.3. The SMILES string of the molecule is ClC(Cl)=CCNc1nnc(Br)s1. The molecule has 0 radical (unpaired) electrons. The van der Waals surface area contributed by atoms with E-state index >= 15 is 0 Å². The molecule has 0 saturated heterocycles. The van der Waals surface area contributed by atoms with Crippen molar-refractivity contribution in [3.8, 4) is 0 Å². The molecule has 0 aliphatic carbocycles. The van der Waals surface area contributed by atoms with E-state index in [1.807, 2.05) is 0 Å². The van der Waals surface area contributed by atoms with Gasteiger partial charge in [0.2, 0.25) is 5.13 Å². The Kier molecular flexibility index (Phi) is 4.28. The predicted octanol–water partition coefficient (Wildman–Crippen LogP) is 3.03. The van der Waals surface area contributed by atoms with Crippen LogP contribution >= 0.6 is 50.5 Å². The van der Waals surface area contributed by atoms with Crippen LogP contribution in [0.4, 0.5) is 5.13 Å². The normalized spacial score (nSPS) is 9.58. The van der Waals surface area contributed by atoms with Gasteiger partial charge in [-0.15, -0.1) is 10.2 Å². The maximum Gasteiger partial charge on any atom is 0.206 e. The zero-order valence-corrected chi connectivity index (χ0v) is 9.64. The number of rotatable bonds is 3. The summed E-state index contributed by atoms with van der Waals surface area (Å²) in [6, 6.07) is 0. The molecule has 66 valence electrons. The van der Waals surface area contributed by atoms with Crippen molar-refractivity contribution >= 4 is 55.6 Å². The highest BCUT2D eigenvalue weighted by Crippen LogP contribution is 2.19. The number of hydrogen-bond acceptors (Lipinski definition) is 4. The lowest BCUT2D eigenvalue weighted by Gasteiger charge is -1.93.